The molecule has 0 bridgehead atoms. The lowest BCUT2D eigenvalue weighted by atomic mass is 10.2. The molecular weight excluding hydrogens is 386 g/mol. The molecule has 1 aliphatic heterocycles. The van der Waals surface area contributed by atoms with Gasteiger partial charge in [-0.2, -0.15) is 0 Å². The maximum absolute atomic E-state index is 12.2. The van der Waals surface area contributed by atoms with Crippen molar-refractivity contribution < 1.29 is 23.9 Å². The zero-order valence-corrected chi connectivity index (χ0v) is 17.1. The van der Waals surface area contributed by atoms with E-state index in [2.05, 4.69) is 5.32 Å². The molecule has 0 atom stereocenters. The van der Waals surface area contributed by atoms with Crippen LogP contribution in [-0.4, -0.2) is 72.6 Å². The summed E-state index contributed by atoms with van der Waals surface area (Å²) in [5, 5.41) is 3.12. The molecule has 0 aliphatic carbocycles. The third-order valence-corrected chi connectivity index (χ3v) is 4.16. The van der Waals surface area contributed by atoms with Crippen LogP contribution >= 0.6 is 11.6 Å². The van der Waals surface area contributed by atoms with Gasteiger partial charge in [0.05, 0.1) is 6.54 Å². The van der Waals surface area contributed by atoms with Crippen molar-refractivity contribution in [3.8, 4) is 5.75 Å². The predicted molar refractivity (Wildman–Crippen MR) is 104 cm³/mol. The minimum absolute atomic E-state index is 0.116. The van der Waals surface area contributed by atoms with Crippen LogP contribution in [-0.2, 0) is 14.3 Å². The number of halogens is 1. The Balaban J connectivity index is 1.67. The second kappa shape index (κ2) is 9.64. The number of amides is 3. The minimum atomic E-state index is -0.553. The van der Waals surface area contributed by atoms with E-state index in [1.165, 1.54) is 0 Å². The van der Waals surface area contributed by atoms with Crippen molar-refractivity contribution in [1.82, 2.24) is 15.1 Å². The van der Waals surface area contributed by atoms with Crippen molar-refractivity contribution in [3.05, 3.63) is 29.3 Å². The summed E-state index contributed by atoms with van der Waals surface area (Å²) in [6.07, 6.45) is -0.382. The zero-order chi connectivity index (χ0) is 20.7. The summed E-state index contributed by atoms with van der Waals surface area (Å²) in [5.41, 5.74) is -0.553. The van der Waals surface area contributed by atoms with E-state index in [1.54, 1.807) is 34.1 Å². The predicted octanol–water partition coefficient (Wildman–Crippen LogP) is 1.91. The van der Waals surface area contributed by atoms with Gasteiger partial charge >= 0.3 is 6.09 Å². The molecule has 2 rings (SSSR count). The van der Waals surface area contributed by atoms with Crippen LogP contribution in [0, 0.1) is 0 Å². The highest BCUT2D eigenvalue weighted by Gasteiger charge is 2.27. The van der Waals surface area contributed by atoms with Crippen LogP contribution in [0.15, 0.2) is 24.3 Å². The number of nitrogens with one attached hydrogen (secondary N) is 1. The standard InChI is InChI=1S/C19H26ClN3O5/c1-19(2,3)28-18(26)23-10-8-22(9-11-23)17(25)12-21-16(24)13-27-15-6-4-14(20)5-7-15/h4-7H,8-13H2,1-3H3,(H,21,24). The van der Waals surface area contributed by atoms with Gasteiger partial charge < -0.3 is 24.6 Å². The molecular formula is C19H26ClN3O5. The summed E-state index contributed by atoms with van der Waals surface area (Å²) in [7, 11) is 0. The van der Waals surface area contributed by atoms with Crippen LogP contribution in [0.3, 0.4) is 0 Å². The van der Waals surface area contributed by atoms with Crippen molar-refractivity contribution in [1.29, 1.82) is 0 Å². The molecule has 9 heteroatoms. The molecule has 0 spiro atoms. The Morgan fingerprint density at radius 3 is 2.18 bits per heavy atom. The molecule has 0 saturated carbocycles. The minimum Gasteiger partial charge on any atom is -0.484 e. The smallest absolute Gasteiger partial charge is 0.410 e. The lowest BCUT2D eigenvalue weighted by Gasteiger charge is -2.35. The SMILES string of the molecule is CC(C)(C)OC(=O)N1CCN(C(=O)CNC(=O)COc2ccc(Cl)cc2)CC1. The molecule has 1 heterocycles. The van der Waals surface area contributed by atoms with E-state index in [0.717, 1.165) is 0 Å². The monoisotopic (exact) mass is 411 g/mol. The van der Waals surface area contributed by atoms with Crippen LogP contribution < -0.4 is 10.1 Å². The van der Waals surface area contributed by atoms with E-state index >= 15 is 0 Å². The fourth-order valence-electron chi connectivity index (χ4n) is 2.48. The van der Waals surface area contributed by atoms with Gasteiger partial charge in [0.25, 0.3) is 5.91 Å². The first-order chi connectivity index (χ1) is 13.1. The summed E-state index contributed by atoms with van der Waals surface area (Å²) in [5.74, 6) is -0.0801. The van der Waals surface area contributed by atoms with E-state index in [9.17, 15) is 14.4 Å². The van der Waals surface area contributed by atoms with E-state index in [0.29, 0.717) is 37.0 Å². The summed E-state index contributed by atoms with van der Waals surface area (Å²) in [4.78, 5) is 39.3. The number of ether oxygens (including phenoxy) is 2. The average molecular weight is 412 g/mol. The highest BCUT2D eigenvalue weighted by atomic mass is 35.5. The second-order valence-electron chi connectivity index (χ2n) is 7.37. The van der Waals surface area contributed by atoms with E-state index in [4.69, 9.17) is 21.1 Å². The van der Waals surface area contributed by atoms with Gasteiger partial charge in [0.15, 0.2) is 6.61 Å². The highest BCUT2D eigenvalue weighted by molar-refractivity contribution is 6.30. The molecule has 1 aliphatic rings. The molecule has 0 unspecified atom stereocenters. The van der Waals surface area contributed by atoms with Gasteiger partial charge in [-0.1, -0.05) is 11.6 Å². The average Bonchev–Trinajstić information content (AvgIpc) is 2.64. The zero-order valence-electron chi connectivity index (χ0n) is 16.4. The summed E-state index contributed by atoms with van der Waals surface area (Å²) in [6.45, 7) is 6.71. The normalized spacial score (nSPS) is 14.4. The van der Waals surface area contributed by atoms with Crippen molar-refractivity contribution in [3.63, 3.8) is 0 Å². The molecule has 28 heavy (non-hydrogen) atoms. The summed E-state index contributed by atoms with van der Waals surface area (Å²) >= 11 is 5.78. The number of hydrogen-bond acceptors (Lipinski definition) is 5. The Morgan fingerprint density at radius 1 is 1.04 bits per heavy atom. The number of carbonyl (C=O) groups excluding carboxylic acids is 3. The Hall–Kier alpha value is -2.48. The van der Waals surface area contributed by atoms with Crippen molar-refractivity contribution in [2.45, 2.75) is 26.4 Å². The van der Waals surface area contributed by atoms with Gasteiger partial charge in [-0.05, 0) is 45.0 Å². The number of benzene rings is 1. The molecule has 8 nitrogen and oxygen atoms in total. The maximum atomic E-state index is 12.2. The molecule has 3 amide bonds. The number of hydrogen-bond donors (Lipinski definition) is 1. The molecule has 1 saturated heterocycles. The van der Waals surface area contributed by atoms with Gasteiger partial charge in [-0.15, -0.1) is 0 Å². The third kappa shape index (κ3) is 7.26. The topological polar surface area (TPSA) is 88.2 Å². The second-order valence-corrected chi connectivity index (χ2v) is 7.80. The van der Waals surface area contributed by atoms with Crippen LogP contribution in [0.2, 0.25) is 5.02 Å². The van der Waals surface area contributed by atoms with Gasteiger partial charge in [0, 0.05) is 31.2 Å². The third-order valence-electron chi connectivity index (χ3n) is 3.90. The summed E-state index contributed by atoms with van der Waals surface area (Å²) < 4.78 is 10.7. The molecule has 1 aromatic rings. The largest absolute Gasteiger partial charge is 0.484 e. The van der Waals surface area contributed by atoms with Gasteiger partial charge in [-0.25, -0.2) is 4.79 Å². The number of nitrogens with zero attached hydrogens (tertiary/aromatic N) is 2. The lowest BCUT2D eigenvalue weighted by molar-refractivity contribution is -0.134. The summed E-state index contributed by atoms with van der Waals surface area (Å²) in [6, 6.07) is 6.64. The van der Waals surface area contributed by atoms with Crippen LogP contribution in [0.4, 0.5) is 4.79 Å². The maximum Gasteiger partial charge on any atom is 0.410 e. The quantitative estimate of drug-likeness (QED) is 0.799. The van der Waals surface area contributed by atoms with Crippen molar-refractivity contribution in [2.75, 3.05) is 39.3 Å². The van der Waals surface area contributed by atoms with Crippen LogP contribution in [0.25, 0.3) is 0 Å². The first-order valence-corrected chi connectivity index (χ1v) is 9.42. The van der Waals surface area contributed by atoms with Gasteiger partial charge in [0.2, 0.25) is 5.91 Å². The fraction of sp³-hybridized carbons (Fsp3) is 0.526. The lowest BCUT2D eigenvalue weighted by Crippen LogP contribution is -2.53. The Bertz CT molecular complexity index is 695. The molecule has 1 N–H and O–H groups in total. The molecule has 154 valence electrons. The van der Waals surface area contributed by atoms with Crippen LogP contribution in [0.1, 0.15) is 20.8 Å². The number of carbonyl (C=O) groups is 3. The van der Waals surface area contributed by atoms with Crippen molar-refractivity contribution >= 4 is 29.5 Å². The molecule has 0 aromatic heterocycles. The Kier molecular flexibility index (Phi) is 7.51. The molecule has 0 radical (unpaired) electrons. The fourth-order valence-corrected chi connectivity index (χ4v) is 2.61. The van der Waals surface area contributed by atoms with E-state index < -0.39 is 11.5 Å². The molecule has 1 aromatic carbocycles. The van der Waals surface area contributed by atoms with Crippen LogP contribution in [0.5, 0.6) is 5.75 Å². The number of rotatable bonds is 5. The first kappa shape index (κ1) is 21.8. The van der Waals surface area contributed by atoms with Crippen molar-refractivity contribution in [2.24, 2.45) is 0 Å². The Morgan fingerprint density at radius 2 is 1.61 bits per heavy atom. The van der Waals surface area contributed by atoms with E-state index in [-0.39, 0.29) is 25.2 Å². The first-order valence-electron chi connectivity index (χ1n) is 9.05. The van der Waals surface area contributed by atoms with E-state index in [1.807, 2.05) is 20.8 Å². The molecule has 1 fully saturated rings. The highest BCUT2D eigenvalue weighted by Crippen LogP contribution is 2.15. The van der Waals surface area contributed by atoms with Gasteiger partial charge in [0.1, 0.15) is 11.4 Å². The number of piperazine rings is 1. The Labute approximate surface area is 169 Å². The van der Waals surface area contributed by atoms with Gasteiger partial charge in [-0.3, -0.25) is 9.59 Å².